The third-order valence-corrected chi connectivity index (χ3v) is 4.74. The molecule has 2 aromatic carbocycles. The minimum absolute atomic E-state index is 0.127. The molecule has 132 valence electrons. The maximum Gasteiger partial charge on any atom is 0.253 e. The van der Waals surface area contributed by atoms with Crippen molar-refractivity contribution in [2.24, 2.45) is 0 Å². The molecule has 1 saturated heterocycles. The number of carbonyl (C=O) groups is 1. The quantitative estimate of drug-likeness (QED) is 0.729. The maximum atomic E-state index is 12.5. The van der Waals surface area contributed by atoms with E-state index in [2.05, 4.69) is 16.2 Å². The molecule has 2 heterocycles. The van der Waals surface area contributed by atoms with Crippen LogP contribution in [0.2, 0.25) is 0 Å². The minimum atomic E-state index is 0.127. The second-order valence-corrected chi connectivity index (χ2v) is 6.56. The van der Waals surface area contributed by atoms with Crippen molar-refractivity contribution in [2.45, 2.75) is 6.54 Å². The SMILES string of the molecule is O=C(c1ccccc1)N1CCN(Cc2cnn(-c3ccccc3)c2)CC1. The van der Waals surface area contributed by atoms with Crippen molar-refractivity contribution in [1.29, 1.82) is 0 Å². The number of para-hydroxylation sites is 1. The number of piperazine rings is 1. The van der Waals surface area contributed by atoms with Gasteiger partial charge in [0.05, 0.1) is 11.9 Å². The van der Waals surface area contributed by atoms with Crippen LogP contribution in [0.15, 0.2) is 73.1 Å². The van der Waals surface area contributed by atoms with Gasteiger partial charge in [0, 0.05) is 50.0 Å². The van der Waals surface area contributed by atoms with Gasteiger partial charge < -0.3 is 4.90 Å². The number of carbonyl (C=O) groups excluding carboxylic acids is 1. The van der Waals surface area contributed by atoms with E-state index in [0.717, 1.165) is 44.0 Å². The highest BCUT2D eigenvalue weighted by molar-refractivity contribution is 5.94. The van der Waals surface area contributed by atoms with Crippen LogP contribution >= 0.6 is 0 Å². The zero-order chi connectivity index (χ0) is 17.8. The molecule has 5 heteroatoms. The summed E-state index contributed by atoms with van der Waals surface area (Å²) in [5.74, 6) is 0.127. The van der Waals surface area contributed by atoms with E-state index < -0.39 is 0 Å². The van der Waals surface area contributed by atoms with Gasteiger partial charge in [0.25, 0.3) is 5.91 Å². The molecule has 0 bridgehead atoms. The van der Waals surface area contributed by atoms with Crippen molar-refractivity contribution >= 4 is 5.91 Å². The molecule has 0 saturated carbocycles. The molecule has 1 aromatic heterocycles. The van der Waals surface area contributed by atoms with E-state index in [0.29, 0.717) is 0 Å². The fourth-order valence-electron chi connectivity index (χ4n) is 3.29. The summed E-state index contributed by atoms with van der Waals surface area (Å²) >= 11 is 0. The number of aromatic nitrogens is 2. The average Bonchev–Trinajstić information content (AvgIpc) is 3.18. The Bertz CT molecular complexity index is 852. The van der Waals surface area contributed by atoms with Crippen LogP contribution in [0.25, 0.3) is 5.69 Å². The first kappa shape index (κ1) is 16.5. The standard InChI is InChI=1S/C21H22N4O/c26-21(19-7-3-1-4-8-19)24-13-11-23(12-14-24)16-18-15-22-25(17-18)20-9-5-2-6-10-20/h1-10,15,17H,11-14,16H2. The maximum absolute atomic E-state index is 12.5. The first-order valence-electron chi connectivity index (χ1n) is 8.95. The van der Waals surface area contributed by atoms with E-state index in [4.69, 9.17) is 0 Å². The highest BCUT2D eigenvalue weighted by Crippen LogP contribution is 2.13. The summed E-state index contributed by atoms with van der Waals surface area (Å²) < 4.78 is 1.91. The van der Waals surface area contributed by atoms with E-state index >= 15 is 0 Å². The fourth-order valence-corrected chi connectivity index (χ4v) is 3.29. The summed E-state index contributed by atoms with van der Waals surface area (Å²) in [6.45, 7) is 4.16. The summed E-state index contributed by atoms with van der Waals surface area (Å²) in [5.41, 5.74) is 3.03. The smallest absolute Gasteiger partial charge is 0.253 e. The Hall–Kier alpha value is -2.92. The number of benzene rings is 2. The van der Waals surface area contributed by atoms with Crippen molar-refractivity contribution in [3.05, 3.63) is 84.2 Å². The van der Waals surface area contributed by atoms with E-state index in [1.807, 2.05) is 76.4 Å². The molecule has 0 spiro atoms. The number of amides is 1. The van der Waals surface area contributed by atoms with E-state index in [1.165, 1.54) is 5.56 Å². The highest BCUT2D eigenvalue weighted by Gasteiger charge is 2.22. The van der Waals surface area contributed by atoms with E-state index in [9.17, 15) is 4.79 Å². The zero-order valence-electron chi connectivity index (χ0n) is 14.7. The molecule has 26 heavy (non-hydrogen) atoms. The molecule has 5 nitrogen and oxygen atoms in total. The molecule has 3 aromatic rings. The molecule has 0 atom stereocenters. The van der Waals surface area contributed by atoms with E-state index in [1.54, 1.807) is 0 Å². The molecule has 1 aliphatic heterocycles. The van der Waals surface area contributed by atoms with Crippen molar-refractivity contribution < 1.29 is 4.79 Å². The molecule has 0 radical (unpaired) electrons. The van der Waals surface area contributed by atoms with Crippen LogP contribution in [-0.4, -0.2) is 51.7 Å². The Morgan fingerprint density at radius 3 is 2.23 bits per heavy atom. The summed E-state index contributed by atoms with van der Waals surface area (Å²) in [7, 11) is 0. The third-order valence-electron chi connectivity index (χ3n) is 4.74. The Labute approximate surface area is 153 Å². The lowest BCUT2D eigenvalue weighted by molar-refractivity contribution is 0.0628. The van der Waals surface area contributed by atoms with Crippen LogP contribution in [0.1, 0.15) is 15.9 Å². The fraction of sp³-hybridized carbons (Fsp3) is 0.238. The lowest BCUT2D eigenvalue weighted by Gasteiger charge is -2.34. The summed E-state index contributed by atoms with van der Waals surface area (Å²) in [6, 6.07) is 19.6. The topological polar surface area (TPSA) is 41.4 Å². The van der Waals surface area contributed by atoms with Gasteiger partial charge in [-0.25, -0.2) is 4.68 Å². The molecule has 0 unspecified atom stereocenters. The number of rotatable bonds is 4. The van der Waals surface area contributed by atoms with Crippen LogP contribution in [0.3, 0.4) is 0 Å². The Morgan fingerprint density at radius 2 is 1.54 bits per heavy atom. The molecule has 1 aliphatic rings. The minimum Gasteiger partial charge on any atom is -0.336 e. The van der Waals surface area contributed by atoms with Gasteiger partial charge in [-0.15, -0.1) is 0 Å². The molecular formula is C21H22N4O. The van der Waals surface area contributed by atoms with Gasteiger partial charge in [0.2, 0.25) is 0 Å². The largest absolute Gasteiger partial charge is 0.336 e. The average molecular weight is 346 g/mol. The molecule has 0 N–H and O–H groups in total. The predicted molar refractivity (Wildman–Crippen MR) is 101 cm³/mol. The number of hydrogen-bond donors (Lipinski definition) is 0. The molecule has 1 amide bonds. The second kappa shape index (κ2) is 7.54. The zero-order valence-corrected chi connectivity index (χ0v) is 14.7. The summed E-state index contributed by atoms with van der Waals surface area (Å²) in [4.78, 5) is 16.8. The summed E-state index contributed by atoms with van der Waals surface area (Å²) in [6.07, 6.45) is 4.01. The lowest BCUT2D eigenvalue weighted by atomic mass is 10.2. The molecule has 0 aliphatic carbocycles. The Balaban J connectivity index is 1.33. The third kappa shape index (κ3) is 3.68. The normalized spacial score (nSPS) is 15.2. The van der Waals surface area contributed by atoms with Gasteiger partial charge in [-0.2, -0.15) is 5.10 Å². The van der Waals surface area contributed by atoms with Crippen molar-refractivity contribution in [1.82, 2.24) is 19.6 Å². The van der Waals surface area contributed by atoms with Gasteiger partial charge in [-0.1, -0.05) is 36.4 Å². The van der Waals surface area contributed by atoms with Gasteiger partial charge in [0.1, 0.15) is 0 Å². The first-order valence-corrected chi connectivity index (χ1v) is 8.95. The first-order chi connectivity index (χ1) is 12.8. The van der Waals surface area contributed by atoms with Crippen LogP contribution < -0.4 is 0 Å². The van der Waals surface area contributed by atoms with Gasteiger partial charge in [-0.3, -0.25) is 9.69 Å². The van der Waals surface area contributed by atoms with Crippen LogP contribution in [0, 0.1) is 0 Å². The highest BCUT2D eigenvalue weighted by atomic mass is 16.2. The predicted octanol–water partition coefficient (Wildman–Crippen LogP) is 2.83. The van der Waals surface area contributed by atoms with Gasteiger partial charge >= 0.3 is 0 Å². The van der Waals surface area contributed by atoms with Crippen LogP contribution in [-0.2, 0) is 6.54 Å². The molecular weight excluding hydrogens is 324 g/mol. The second-order valence-electron chi connectivity index (χ2n) is 6.56. The molecule has 1 fully saturated rings. The van der Waals surface area contributed by atoms with Crippen LogP contribution in [0.5, 0.6) is 0 Å². The monoisotopic (exact) mass is 346 g/mol. The molecule has 4 rings (SSSR count). The van der Waals surface area contributed by atoms with Crippen molar-refractivity contribution in [3.63, 3.8) is 0 Å². The number of nitrogens with zero attached hydrogens (tertiary/aromatic N) is 4. The number of hydrogen-bond acceptors (Lipinski definition) is 3. The van der Waals surface area contributed by atoms with Gasteiger partial charge in [0.15, 0.2) is 0 Å². The lowest BCUT2D eigenvalue weighted by Crippen LogP contribution is -2.48. The van der Waals surface area contributed by atoms with Crippen molar-refractivity contribution in [3.8, 4) is 5.69 Å². The van der Waals surface area contributed by atoms with Crippen molar-refractivity contribution in [2.75, 3.05) is 26.2 Å². The summed E-state index contributed by atoms with van der Waals surface area (Å²) in [5, 5.41) is 4.46. The van der Waals surface area contributed by atoms with Gasteiger partial charge in [-0.05, 0) is 24.3 Å². The van der Waals surface area contributed by atoms with Crippen LogP contribution in [0.4, 0.5) is 0 Å². The Kier molecular flexibility index (Phi) is 4.80. The Morgan fingerprint density at radius 1 is 0.885 bits per heavy atom. The van der Waals surface area contributed by atoms with E-state index in [-0.39, 0.29) is 5.91 Å².